The molecular weight excluding hydrogens is 370 g/mol. The molecule has 0 saturated carbocycles. The number of carbonyl (C=O) groups is 1. The molecule has 2 heterocycles. The number of hydrogen-bond acceptors (Lipinski definition) is 2. The molecule has 0 radical (unpaired) electrons. The number of amides is 1. The minimum absolute atomic E-state index is 0.104. The number of carbonyl (C=O) groups excluding carboxylic acids is 1. The van der Waals surface area contributed by atoms with E-state index in [2.05, 4.69) is 4.98 Å². The summed E-state index contributed by atoms with van der Waals surface area (Å²) in [6, 6.07) is 5.29. The smallest absolute Gasteiger partial charge is 0.253 e. The molecule has 1 aliphatic rings. The van der Waals surface area contributed by atoms with Gasteiger partial charge in [-0.25, -0.2) is 8.78 Å². The maximum absolute atomic E-state index is 16.0. The second-order valence-electron chi connectivity index (χ2n) is 6.11. The van der Waals surface area contributed by atoms with E-state index in [-0.39, 0.29) is 21.8 Å². The predicted molar refractivity (Wildman–Crippen MR) is 102 cm³/mol. The fraction of sp³-hybridized carbons (Fsp3) is 0.429. The number of pyridine rings is 1. The van der Waals surface area contributed by atoms with Crippen LogP contribution in [0.5, 0.6) is 0 Å². The minimum atomic E-state index is -2.85. The van der Waals surface area contributed by atoms with Crippen molar-refractivity contribution < 1.29 is 25.9 Å². The van der Waals surface area contributed by atoms with Gasteiger partial charge in [-0.1, -0.05) is 17.7 Å². The molecule has 0 aliphatic carbocycles. The Labute approximate surface area is 176 Å². The molecule has 0 spiro atoms. The van der Waals surface area contributed by atoms with E-state index in [1.807, 2.05) is 0 Å². The lowest BCUT2D eigenvalue weighted by molar-refractivity contribution is 0.0389. The number of aromatic nitrogens is 1. The first kappa shape index (κ1) is 11.1. The van der Waals surface area contributed by atoms with Crippen molar-refractivity contribution in [1.29, 1.82) is 0 Å². The molecule has 2 aromatic rings. The van der Waals surface area contributed by atoms with E-state index < -0.39 is 69.3 Å². The summed E-state index contributed by atoms with van der Waals surface area (Å²) in [5.74, 6) is -1.80. The summed E-state index contributed by atoms with van der Waals surface area (Å²) in [5.41, 5.74) is -3.33. The van der Waals surface area contributed by atoms with E-state index in [0.29, 0.717) is 4.90 Å². The highest BCUT2D eigenvalue weighted by atomic mass is 35.5. The Hall–Kier alpha value is -2.01. The molecule has 1 unspecified atom stereocenters. The SMILES string of the molecule is [2H]C([2H])([2H])c1ccc(C([2H])([2H])CCC2(F)CC([2H])([2H])N(C(=O)c3ccc(F)c(Cl)c3)CC2([2H])[2H])nc1. The number of alkyl halides is 1. The third kappa shape index (κ3) is 5.04. The minimum Gasteiger partial charge on any atom is -0.338 e. The van der Waals surface area contributed by atoms with Gasteiger partial charge in [0.15, 0.2) is 0 Å². The van der Waals surface area contributed by atoms with Gasteiger partial charge >= 0.3 is 0 Å². The van der Waals surface area contributed by atoms with Crippen LogP contribution in [0.4, 0.5) is 8.78 Å². The average Bonchev–Trinajstić information content (AvgIpc) is 2.76. The van der Waals surface area contributed by atoms with Gasteiger partial charge in [0.1, 0.15) is 11.5 Å². The largest absolute Gasteiger partial charge is 0.338 e. The standard InChI is InChI=1S/C21H23ClF2N2O/c1-15-4-6-17(25-14-15)3-2-8-21(24)9-11-26(12-10-21)20(27)16-5-7-19(23)18(22)13-16/h4-7,13-14H,2-3,8-12H2,1H3/i1D3,3D2,9D2,12D2. The highest BCUT2D eigenvalue weighted by Gasteiger charge is 2.35. The first-order chi connectivity index (χ1) is 16.3. The summed E-state index contributed by atoms with van der Waals surface area (Å²) in [5, 5.41) is -0.385. The van der Waals surface area contributed by atoms with Crippen molar-refractivity contribution in [2.75, 3.05) is 13.0 Å². The van der Waals surface area contributed by atoms with Crippen molar-refractivity contribution in [3.05, 3.63) is 64.2 Å². The zero-order valence-corrected chi connectivity index (χ0v) is 15.0. The molecule has 1 aliphatic heterocycles. The highest BCUT2D eigenvalue weighted by Crippen LogP contribution is 2.32. The summed E-state index contributed by atoms with van der Waals surface area (Å²) in [7, 11) is 0. The quantitative estimate of drug-likeness (QED) is 0.694. The Morgan fingerprint density at radius 1 is 1.48 bits per heavy atom. The normalized spacial score (nSPS) is 29.6. The Morgan fingerprint density at radius 2 is 2.33 bits per heavy atom. The molecule has 1 aromatic carbocycles. The van der Waals surface area contributed by atoms with Gasteiger partial charge < -0.3 is 4.90 Å². The van der Waals surface area contributed by atoms with Crippen molar-refractivity contribution in [3.63, 3.8) is 0 Å². The van der Waals surface area contributed by atoms with E-state index in [4.69, 9.17) is 23.9 Å². The molecule has 1 saturated heterocycles. The molecule has 144 valence electrons. The van der Waals surface area contributed by atoms with Gasteiger partial charge in [0, 0.05) is 42.8 Å². The van der Waals surface area contributed by atoms with Crippen LogP contribution in [-0.2, 0) is 6.37 Å². The summed E-state index contributed by atoms with van der Waals surface area (Å²) in [6.45, 7) is -6.06. The molecule has 1 fully saturated rings. The van der Waals surface area contributed by atoms with E-state index in [1.165, 1.54) is 6.07 Å². The van der Waals surface area contributed by atoms with Gasteiger partial charge in [-0.2, -0.15) is 0 Å². The molecule has 6 heteroatoms. The van der Waals surface area contributed by atoms with Gasteiger partial charge in [-0.05, 0) is 68.7 Å². The molecule has 0 bridgehead atoms. The van der Waals surface area contributed by atoms with Crippen LogP contribution in [0.1, 0.15) is 59.6 Å². The monoisotopic (exact) mass is 401 g/mol. The van der Waals surface area contributed by atoms with Gasteiger partial charge in [0.25, 0.3) is 5.91 Å². The summed E-state index contributed by atoms with van der Waals surface area (Å²) >= 11 is 5.69. The molecule has 1 aromatic heterocycles. The highest BCUT2D eigenvalue weighted by molar-refractivity contribution is 6.31. The zero-order chi connectivity index (χ0) is 27.3. The lowest BCUT2D eigenvalue weighted by Gasteiger charge is -2.36. The maximum Gasteiger partial charge on any atom is 0.253 e. The summed E-state index contributed by atoms with van der Waals surface area (Å²) < 4.78 is 101. The fourth-order valence-corrected chi connectivity index (χ4v) is 2.73. The number of benzene rings is 1. The molecule has 0 N–H and O–H groups in total. The van der Waals surface area contributed by atoms with E-state index in [1.54, 1.807) is 0 Å². The Kier molecular flexibility index (Phi) is 3.43. The Morgan fingerprint density at radius 3 is 3.04 bits per heavy atom. The van der Waals surface area contributed by atoms with E-state index in [0.717, 1.165) is 30.5 Å². The fourth-order valence-electron chi connectivity index (χ4n) is 2.55. The van der Waals surface area contributed by atoms with Gasteiger partial charge in [0.05, 0.1) is 5.02 Å². The molecule has 3 rings (SSSR count). The second kappa shape index (κ2) is 8.34. The summed E-state index contributed by atoms with van der Waals surface area (Å²) in [6.07, 6.45) is -6.43. The van der Waals surface area contributed by atoms with Crippen molar-refractivity contribution in [3.8, 4) is 0 Å². The average molecular weight is 402 g/mol. The van der Waals surface area contributed by atoms with Crippen molar-refractivity contribution >= 4 is 17.5 Å². The van der Waals surface area contributed by atoms with Crippen LogP contribution in [0.15, 0.2) is 36.5 Å². The number of nitrogens with zero attached hydrogens (tertiary/aromatic N) is 2. The van der Waals surface area contributed by atoms with Crippen LogP contribution >= 0.6 is 11.6 Å². The lowest BCUT2D eigenvalue weighted by atomic mass is 9.87. The number of rotatable bonds is 5. The third-order valence-electron chi connectivity index (χ3n) is 4.11. The number of aryl methyl sites for hydroxylation is 2. The summed E-state index contributed by atoms with van der Waals surface area (Å²) in [4.78, 5) is 17.2. The molecule has 1 atom stereocenters. The molecular formula is C21H23ClF2N2O. The molecule has 1 amide bonds. The molecule has 27 heavy (non-hydrogen) atoms. The number of halogens is 3. The van der Waals surface area contributed by atoms with Crippen LogP contribution in [0, 0.1) is 12.7 Å². The van der Waals surface area contributed by atoms with E-state index >= 15 is 4.39 Å². The molecule has 3 nitrogen and oxygen atoms in total. The Bertz CT molecular complexity index is 1150. The third-order valence-corrected chi connectivity index (χ3v) is 4.40. The van der Waals surface area contributed by atoms with Gasteiger partial charge in [0.2, 0.25) is 0 Å². The van der Waals surface area contributed by atoms with Crippen molar-refractivity contribution in [2.45, 2.75) is 44.5 Å². The van der Waals surface area contributed by atoms with E-state index in [9.17, 15) is 9.18 Å². The first-order valence-electron chi connectivity index (χ1n) is 12.7. The maximum atomic E-state index is 16.0. The Balaban J connectivity index is 1.80. The van der Waals surface area contributed by atoms with Gasteiger partial charge in [-0.3, -0.25) is 9.78 Å². The first-order valence-corrected chi connectivity index (χ1v) is 8.60. The van der Waals surface area contributed by atoms with Gasteiger partial charge in [-0.15, -0.1) is 0 Å². The van der Waals surface area contributed by atoms with Crippen molar-refractivity contribution in [2.24, 2.45) is 0 Å². The zero-order valence-electron chi connectivity index (χ0n) is 23.2. The number of piperidine rings is 1. The lowest BCUT2D eigenvalue weighted by Crippen LogP contribution is -2.44. The topological polar surface area (TPSA) is 33.2 Å². The van der Waals surface area contributed by atoms with Crippen LogP contribution in [0.3, 0.4) is 0 Å². The second-order valence-corrected chi connectivity index (χ2v) is 6.51. The van der Waals surface area contributed by atoms with Crippen LogP contribution in [0.2, 0.25) is 5.02 Å². The van der Waals surface area contributed by atoms with Crippen LogP contribution in [-0.4, -0.2) is 34.5 Å². The number of likely N-dealkylation sites (tertiary alicyclic amines) is 1. The predicted octanol–water partition coefficient (Wildman–Crippen LogP) is 5.15. The van der Waals surface area contributed by atoms with Crippen LogP contribution in [0.25, 0.3) is 0 Å². The van der Waals surface area contributed by atoms with Crippen LogP contribution < -0.4 is 0 Å². The number of hydrogen-bond donors (Lipinski definition) is 0. The van der Waals surface area contributed by atoms with Crippen molar-refractivity contribution in [1.82, 2.24) is 9.88 Å².